The maximum atomic E-state index is 13.4. The van der Waals surface area contributed by atoms with Crippen molar-refractivity contribution in [2.24, 2.45) is 11.1 Å². The van der Waals surface area contributed by atoms with E-state index < -0.39 is 11.9 Å². The Morgan fingerprint density at radius 3 is 2.33 bits per heavy atom. The number of amides is 2. The Morgan fingerprint density at radius 2 is 1.75 bits per heavy atom. The molecule has 9 heteroatoms. The second-order valence-electron chi connectivity index (χ2n) is 9.47. The van der Waals surface area contributed by atoms with Crippen molar-refractivity contribution in [3.05, 3.63) is 76.7 Å². The highest BCUT2D eigenvalue weighted by Gasteiger charge is 2.28. The maximum absolute atomic E-state index is 13.4. The standard InChI is InChI=1S/C27H32N4O5/c1-17-24(18(2)36-30-17)26(34)31(16-27(4,5)15-28)14-20-10-12-21(13-11-20)29-25(33)22-8-6-7-9-23(22)35-19(3)32/h6-13H,14-16,28H2,1-5H3,(H,29,33). The van der Waals surface area contributed by atoms with E-state index in [4.69, 9.17) is 15.0 Å². The Kier molecular flexibility index (Phi) is 8.26. The van der Waals surface area contributed by atoms with Gasteiger partial charge in [0.25, 0.3) is 11.8 Å². The molecule has 0 bridgehead atoms. The summed E-state index contributed by atoms with van der Waals surface area (Å²) in [6.07, 6.45) is 0. The molecule has 3 aromatic rings. The first-order valence-electron chi connectivity index (χ1n) is 11.6. The van der Waals surface area contributed by atoms with Gasteiger partial charge in [0.1, 0.15) is 17.1 Å². The zero-order valence-electron chi connectivity index (χ0n) is 21.3. The van der Waals surface area contributed by atoms with Gasteiger partial charge in [0.2, 0.25) is 0 Å². The molecular weight excluding hydrogens is 460 g/mol. The topological polar surface area (TPSA) is 128 Å². The van der Waals surface area contributed by atoms with Gasteiger partial charge in [-0.15, -0.1) is 0 Å². The fourth-order valence-electron chi connectivity index (χ4n) is 3.74. The lowest BCUT2D eigenvalue weighted by Gasteiger charge is -2.32. The number of benzene rings is 2. The summed E-state index contributed by atoms with van der Waals surface area (Å²) in [5, 5.41) is 6.73. The highest BCUT2D eigenvalue weighted by Crippen LogP contribution is 2.24. The van der Waals surface area contributed by atoms with E-state index in [-0.39, 0.29) is 22.6 Å². The van der Waals surface area contributed by atoms with Gasteiger partial charge in [-0.2, -0.15) is 0 Å². The summed E-state index contributed by atoms with van der Waals surface area (Å²) in [4.78, 5) is 39.3. The van der Waals surface area contributed by atoms with E-state index in [1.807, 2.05) is 26.0 Å². The maximum Gasteiger partial charge on any atom is 0.308 e. The van der Waals surface area contributed by atoms with Crippen molar-refractivity contribution in [3.8, 4) is 5.75 Å². The Hall–Kier alpha value is -3.98. The first kappa shape index (κ1) is 26.6. The van der Waals surface area contributed by atoms with E-state index in [0.29, 0.717) is 42.3 Å². The van der Waals surface area contributed by atoms with Crippen LogP contribution in [-0.4, -0.2) is 40.9 Å². The number of hydrogen-bond donors (Lipinski definition) is 2. The van der Waals surface area contributed by atoms with Crippen LogP contribution in [0.25, 0.3) is 0 Å². The normalized spacial score (nSPS) is 11.2. The van der Waals surface area contributed by atoms with Crippen molar-refractivity contribution >= 4 is 23.5 Å². The summed E-state index contributed by atoms with van der Waals surface area (Å²) in [6, 6.07) is 13.7. The number of carbonyl (C=O) groups is 3. The molecule has 0 aliphatic heterocycles. The number of rotatable bonds is 9. The van der Waals surface area contributed by atoms with Crippen molar-refractivity contribution in [2.75, 3.05) is 18.4 Å². The SMILES string of the molecule is CC(=O)Oc1ccccc1C(=O)Nc1ccc(CN(CC(C)(C)CN)C(=O)c2c(C)noc2C)cc1. The molecule has 1 heterocycles. The van der Waals surface area contributed by atoms with Crippen LogP contribution in [-0.2, 0) is 11.3 Å². The monoisotopic (exact) mass is 492 g/mol. The average molecular weight is 493 g/mol. The molecule has 0 fully saturated rings. The lowest BCUT2D eigenvalue weighted by molar-refractivity contribution is -0.131. The van der Waals surface area contributed by atoms with Crippen molar-refractivity contribution in [2.45, 2.75) is 41.2 Å². The minimum atomic E-state index is -0.506. The number of nitrogens with one attached hydrogen (secondary N) is 1. The van der Waals surface area contributed by atoms with Crippen molar-refractivity contribution in [1.82, 2.24) is 10.1 Å². The molecule has 0 unspecified atom stereocenters. The molecule has 2 amide bonds. The number of esters is 1. The fourth-order valence-corrected chi connectivity index (χ4v) is 3.74. The Balaban J connectivity index is 1.77. The minimum Gasteiger partial charge on any atom is -0.426 e. The lowest BCUT2D eigenvalue weighted by atomic mass is 9.92. The number of para-hydroxylation sites is 1. The van der Waals surface area contributed by atoms with Gasteiger partial charge in [-0.1, -0.05) is 43.3 Å². The smallest absolute Gasteiger partial charge is 0.308 e. The van der Waals surface area contributed by atoms with E-state index in [1.165, 1.54) is 6.92 Å². The lowest BCUT2D eigenvalue weighted by Crippen LogP contribution is -2.42. The molecule has 0 saturated heterocycles. The fraction of sp³-hybridized carbons (Fsp3) is 0.333. The number of carbonyl (C=O) groups excluding carboxylic acids is 3. The van der Waals surface area contributed by atoms with E-state index in [2.05, 4.69) is 10.5 Å². The van der Waals surface area contributed by atoms with Gasteiger partial charge in [0.15, 0.2) is 0 Å². The van der Waals surface area contributed by atoms with Crippen LogP contribution < -0.4 is 15.8 Å². The van der Waals surface area contributed by atoms with Gasteiger partial charge in [-0.05, 0) is 55.6 Å². The third kappa shape index (κ3) is 6.57. The Morgan fingerprint density at radius 1 is 1.08 bits per heavy atom. The van der Waals surface area contributed by atoms with Crippen molar-refractivity contribution < 1.29 is 23.6 Å². The quantitative estimate of drug-likeness (QED) is 0.340. The van der Waals surface area contributed by atoms with Crippen LogP contribution in [0.5, 0.6) is 5.75 Å². The third-order valence-corrected chi connectivity index (χ3v) is 5.68. The predicted molar refractivity (Wildman–Crippen MR) is 136 cm³/mol. The molecule has 3 N–H and O–H groups in total. The first-order chi connectivity index (χ1) is 17.0. The average Bonchev–Trinajstić information content (AvgIpc) is 3.17. The predicted octanol–water partition coefficient (Wildman–Crippen LogP) is 4.10. The van der Waals surface area contributed by atoms with Gasteiger partial charge in [-0.3, -0.25) is 14.4 Å². The van der Waals surface area contributed by atoms with E-state index in [9.17, 15) is 14.4 Å². The van der Waals surface area contributed by atoms with Gasteiger partial charge in [0.05, 0.1) is 11.3 Å². The van der Waals surface area contributed by atoms with Crippen LogP contribution in [0.3, 0.4) is 0 Å². The zero-order chi connectivity index (χ0) is 26.5. The molecule has 0 aliphatic carbocycles. The van der Waals surface area contributed by atoms with Crippen LogP contribution in [0, 0.1) is 19.3 Å². The number of nitrogens with zero attached hydrogens (tertiary/aromatic N) is 2. The summed E-state index contributed by atoms with van der Waals surface area (Å²) in [7, 11) is 0. The minimum absolute atomic E-state index is 0.174. The number of nitrogens with two attached hydrogens (primary N) is 1. The van der Waals surface area contributed by atoms with Crippen LogP contribution >= 0.6 is 0 Å². The van der Waals surface area contributed by atoms with Crippen LogP contribution in [0.1, 0.15) is 58.5 Å². The van der Waals surface area contributed by atoms with Gasteiger partial charge in [0, 0.05) is 25.7 Å². The largest absolute Gasteiger partial charge is 0.426 e. The number of anilines is 1. The molecule has 9 nitrogen and oxygen atoms in total. The molecule has 0 aliphatic rings. The van der Waals surface area contributed by atoms with Crippen LogP contribution in [0.4, 0.5) is 5.69 Å². The second-order valence-corrected chi connectivity index (χ2v) is 9.47. The molecule has 3 rings (SSSR count). The third-order valence-electron chi connectivity index (χ3n) is 5.68. The van der Waals surface area contributed by atoms with E-state index in [1.54, 1.807) is 55.1 Å². The molecular formula is C27H32N4O5. The molecule has 0 atom stereocenters. The summed E-state index contributed by atoms with van der Waals surface area (Å²) in [5.74, 6) is -0.421. The number of aromatic nitrogens is 1. The molecule has 1 aromatic heterocycles. The van der Waals surface area contributed by atoms with Crippen LogP contribution in [0.15, 0.2) is 53.1 Å². The van der Waals surface area contributed by atoms with Crippen molar-refractivity contribution in [1.29, 1.82) is 0 Å². The summed E-state index contributed by atoms with van der Waals surface area (Å²) < 4.78 is 10.3. The van der Waals surface area contributed by atoms with E-state index in [0.717, 1.165) is 5.56 Å². The second kappa shape index (κ2) is 11.2. The number of ether oxygens (including phenoxy) is 1. The first-order valence-corrected chi connectivity index (χ1v) is 11.6. The van der Waals surface area contributed by atoms with Gasteiger partial charge < -0.3 is 25.2 Å². The number of aryl methyl sites for hydroxylation is 2. The van der Waals surface area contributed by atoms with E-state index >= 15 is 0 Å². The molecule has 0 saturated carbocycles. The zero-order valence-corrected chi connectivity index (χ0v) is 21.3. The number of hydrogen-bond acceptors (Lipinski definition) is 7. The van der Waals surface area contributed by atoms with Crippen LogP contribution in [0.2, 0.25) is 0 Å². The molecule has 36 heavy (non-hydrogen) atoms. The van der Waals surface area contributed by atoms with Gasteiger partial charge >= 0.3 is 5.97 Å². The summed E-state index contributed by atoms with van der Waals surface area (Å²) in [5.41, 5.74) is 8.33. The van der Waals surface area contributed by atoms with Crippen molar-refractivity contribution in [3.63, 3.8) is 0 Å². The highest BCUT2D eigenvalue weighted by molar-refractivity contribution is 6.06. The molecule has 2 aromatic carbocycles. The molecule has 0 spiro atoms. The Labute approximate surface area is 210 Å². The summed E-state index contributed by atoms with van der Waals surface area (Å²) in [6.45, 7) is 9.96. The highest BCUT2D eigenvalue weighted by atomic mass is 16.5. The molecule has 0 radical (unpaired) electrons. The summed E-state index contributed by atoms with van der Waals surface area (Å²) >= 11 is 0. The van der Waals surface area contributed by atoms with Gasteiger partial charge in [-0.25, -0.2) is 0 Å². The Bertz CT molecular complexity index is 1230. The molecule has 190 valence electrons.